The summed E-state index contributed by atoms with van der Waals surface area (Å²) >= 11 is 2.36. The van der Waals surface area contributed by atoms with E-state index in [0.29, 0.717) is 6.04 Å². The molecule has 0 aromatic heterocycles. The van der Waals surface area contributed by atoms with Crippen molar-refractivity contribution in [2.75, 3.05) is 6.54 Å². The summed E-state index contributed by atoms with van der Waals surface area (Å²) in [6.45, 7) is 7.92. The van der Waals surface area contributed by atoms with Gasteiger partial charge in [-0.1, -0.05) is 32.9 Å². The van der Waals surface area contributed by atoms with Crippen LogP contribution in [0.2, 0.25) is 0 Å². The number of halogens is 1. The van der Waals surface area contributed by atoms with E-state index in [1.54, 1.807) is 0 Å². The molecule has 1 nitrogen and oxygen atoms in total. The summed E-state index contributed by atoms with van der Waals surface area (Å²) in [7, 11) is 0. The van der Waals surface area contributed by atoms with Crippen molar-refractivity contribution in [1.82, 2.24) is 5.32 Å². The van der Waals surface area contributed by atoms with E-state index in [2.05, 4.69) is 72.9 Å². The van der Waals surface area contributed by atoms with Gasteiger partial charge in [-0.2, -0.15) is 0 Å². The van der Waals surface area contributed by atoms with Crippen LogP contribution in [0, 0.1) is 9.49 Å². The molecule has 1 aromatic carbocycles. The van der Waals surface area contributed by atoms with Gasteiger partial charge in [-0.25, -0.2) is 0 Å². The monoisotopic (exact) mass is 345 g/mol. The highest BCUT2D eigenvalue weighted by Gasteiger charge is 2.10. The van der Waals surface area contributed by atoms with Crippen molar-refractivity contribution in [1.29, 1.82) is 0 Å². The summed E-state index contributed by atoms with van der Waals surface area (Å²) in [5.74, 6) is 0.782. The van der Waals surface area contributed by atoms with E-state index in [1.807, 2.05) is 0 Å². The van der Waals surface area contributed by atoms with Gasteiger partial charge in [-0.3, -0.25) is 0 Å². The van der Waals surface area contributed by atoms with Crippen molar-refractivity contribution in [2.45, 2.75) is 46.1 Å². The molecule has 1 aromatic rings. The van der Waals surface area contributed by atoms with Crippen molar-refractivity contribution in [3.63, 3.8) is 0 Å². The van der Waals surface area contributed by atoms with Crippen molar-refractivity contribution < 1.29 is 0 Å². The predicted octanol–water partition coefficient (Wildman–Crippen LogP) is 4.77. The van der Waals surface area contributed by atoms with Crippen LogP contribution < -0.4 is 5.32 Å². The van der Waals surface area contributed by atoms with Gasteiger partial charge in [-0.05, 0) is 72.0 Å². The number of hydrogen-bond donors (Lipinski definition) is 1. The van der Waals surface area contributed by atoms with Crippen LogP contribution in [0.4, 0.5) is 0 Å². The average molecular weight is 345 g/mol. The summed E-state index contributed by atoms with van der Waals surface area (Å²) in [6.07, 6.45) is 3.72. The maximum Gasteiger partial charge on any atom is 0.0320 e. The van der Waals surface area contributed by atoms with Gasteiger partial charge in [0.05, 0.1) is 0 Å². The van der Waals surface area contributed by atoms with Gasteiger partial charge >= 0.3 is 0 Å². The fourth-order valence-electron chi connectivity index (χ4n) is 1.90. The van der Waals surface area contributed by atoms with Crippen molar-refractivity contribution in [3.05, 3.63) is 33.4 Å². The lowest BCUT2D eigenvalue weighted by Gasteiger charge is -2.20. The van der Waals surface area contributed by atoms with Gasteiger partial charge in [0.2, 0.25) is 0 Å². The zero-order valence-corrected chi connectivity index (χ0v) is 13.3. The van der Waals surface area contributed by atoms with E-state index < -0.39 is 0 Å². The molecule has 1 atom stereocenters. The third-order valence-electron chi connectivity index (χ3n) is 2.95. The fraction of sp³-hybridized carbons (Fsp3) is 0.600. The molecule has 1 unspecified atom stereocenters. The van der Waals surface area contributed by atoms with Gasteiger partial charge in [-0.15, -0.1) is 0 Å². The van der Waals surface area contributed by atoms with E-state index in [-0.39, 0.29) is 0 Å². The number of nitrogens with one attached hydrogen (secondary N) is 1. The normalized spacial score (nSPS) is 13.0. The molecule has 0 amide bonds. The van der Waals surface area contributed by atoms with E-state index in [4.69, 9.17) is 0 Å². The van der Waals surface area contributed by atoms with E-state index in [9.17, 15) is 0 Å². The van der Waals surface area contributed by atoms with Crippen LogP contribution in [0.5, 0.6) is 0 Å². The Hall–Kier alpha value is -0.0900. The van der Waals surface area contributed by atoms with E-state index in [1.165, 1.54) is 28.4 Å². The first-order chi connectivity index (χ1) is 8.13. The summed E-state index contributed by atoms with van der Waals surface area (Å²) in [4.78, 5) is 0. The first kappa shape index (κ1) is 15.0. The van der Waals surface area contributed by atoms with Crippen molar-refractivity contribution >= 4 is 22.6 Å². The fourth-order valence-corrected chi connectivity index (χ4v) is 2.26. The summed E-state index contributed by atoms with van der Waals surface area (Å²) < 4.78 is 1.31. The molecular weight excluding hydrogens is 321 g/mol. The summed E-state index contributed by atoms with van der Waals surface area (Å²) in [5.41, 5.74) is 1.43. The van der Waals surface area contributed by atoms with Crippen LogP contribution in [0.15, 0.2) is 24.3 Å². The number of hydrogen-bond acceptors (Lipinski definition) is 1. The Labute approximate surface area is 120 Å². The SMILES string of the molecule is CCCNC(CCC(C)C)c1ccc(I)cc1. The van der Waals surface area contributed by atoms with Crippen LogP contribution in [0.3, 0.4) is 0 Å². The van der Waals surface area contributed by atoms with Crippen LogP contribution in [-0.2, 0) is 0 Å². The zero-order chi connectivity index (χ0) is 12.7. The maximum absolute atomic E-state index is 3.66. The van der Waals surface area contributed by atoms with Crippen molar-refractivity contribution in [2.24, 2.45) is 5.92 Å². The predicted molar refractivity (Wildman–Crippen MR) is 84.3 cm³/mol. The molecule has 2 heteroatoms. The van der Waals surface area contributed by atoms with E-state index >= 15 is 0 Å². The highest BCUT2D eigenvalue weighted by atomic mass is 127. The molecule has 0 aliphatic rings. The smallest absolute Gasteiger partial charge is 0.0320 e. The highest BCUT2D eigenvalue weighted by Crippen LogP contribution is 2.21. The maximum atomic E-state index is 3.66. The Morgan fingerprint density at radius 1 is 1.12 bits per heavy atom. The first-order valence-electron chi connectivity index (χ1n) is 6.62. The summed E-state index contributed by atoms with van der Waals surface area (Å²) in [6, 6.07) is 9.44. The van der Waals surface area contributed by atoms with E-state index in [0.717, 1.165) is 12.5 Å². The Kier molecular flexibility index (Phi) is 7.12. The van der Waals surface area contributed by atoms with Gasteiger partial charge in [0.1, 0.15) is 0 Å². The Morgan fingerprint density at radius 2 is 1.76 bits per heavy atom. The average Bonchev–Trinajstić information content (AvgIpc) is 2.30. The quantitative estimate of drug-likeness (QED) is 0.702. The second kappa shape index (κ2) is 8.09. The molecule has 0 aliphatic carbocycles. The molecular formula is C15H24IN. The minimum atomic E-state index is 0.523. The molecule has 0 aliphatic heterocycles. The van der Waals surface area contributed by atoms with Crippen LogP contribution >= 0.6 is 22.6 Å². The molecule has 0 fully saturated rings. The second-order valence-corrected chi connectivity index (χ2v) is 6.28. The lowest BCUT2D eigenvalue weighted by Crippen LogP contribution is -2.22. The third kappa shape index (κ3) is 5.87. The van der Waals surface area contributed by atoms with Crippen molar-refractivity contribution in [3.8, 4) is 0 Å². The molecule has 0 saturated heterocycles. The number of rotatable bonds is 7. The van der Waals surface area contributed by atoms with Crippen LogP contribution in [-0.4, -0.2) is 6.54 Å². The van der Waals surface area contributed by atoms with Gasteiger partial charge in [0, 0.05) is 9.61 Å². The molecule has 0 spiro atoms. The second-order valence-electron chi connectivity index (χ2n) is 5.03. The molecule has 0 bridgehead atoms. The van der Waals surface area contributed by atoms with Crippen LogP contribution in [0.25, 0.3) is 0 Å². The molecule has 0 radical (unpaired) electrons. The van der Waals surface area contributed by atoms with Gasteiger partial charge in [0.15, 0.2) is 0 Å². The molecule has 1 N–H and O–H groups in total. The Bertz CT molecular complexity index is 305. The third-order valence-corrected chi connectivity index (χ3v) is 3.66. The minimum Gasteiger partial charge on any atom is -0.310 e. The Morgan fingerprint density at radius 3 is 2.29 bits per heavy atom. The Balaban J connectivity index is 2.63. The van der Waals surface area contributed by atoms with Gasteiger partial charge < -0.3 is 5.32 Å². The van der Waals surface area contributed by atoms with Gasteiger partial charge in [0.25, 0.3) is 0 Å². The minimum absolute atomic E-state index is 0.523. The van der Waals surface area contributed by atoms with Crippen LogP contribution in [0.1, 0.15) is 51.6 Å². The summed E-state index contributed by atoms with van der Waals surface area (Å²) in [5, 5.41) is 3.66. The lowest BCUT2D eigenvalue weighted by atomic mass is 9.97. The largest absolute Gasteiger partial charge is 0.310 e. The molecule has 1 rings (SSSR count). The lowest BCUT2D eigenvalue weighted by molar-refractivity contribution is 0.440. The first-order valence-corrected chi connectivity index (χ1v) is 7.70. The molecule has 0 saturated carbocycles. The topological polar surface area (TPSA) is 12.0 Å². The molecule has 0 heterocycles. The highest BCUT2D eigenvalue weighted by molar-refractivity contribution is 14.1. The molecule has 96 valence electrons. The zero-order valence-electron chi connectivity index (χ0n) is 11.2. The molecule has 17 heavy (non-hydrogen) atoms. The standard InChI is InChI=1S/C15H24IN/c1-4-11-17-15(10-5-12(2)3)13-6-8-14(16)9-7-13/h6-9,12,15,17H,4-5,10-11H2,1-3H3. The number of benzene rings is 1.